The second-order valence-electron chi connectivity index (χ2n) is 4.68. The van der Waals surface area contributed by atoms with E-state index < -0.39 is 0 Å². The van der Waals surface area contributed by atoms with Crippen LogP contribution >= 0.6 is 0 Å². The summed E-state index contributed by atoms with van der Waals surface area (Å²) < 4.78 is 5.81. The number of hydrogen-bond donors (Lipinski definition) is 1. The van der Waals surface area contributed by atoms with Crippen molar-refractivity contribution in [1.29, 1.82) is 0 Å². The summed E-state index contributed by atoms with van der Waals surface area (Å²) in [5, 5.41) is 4.41. The molecule has 0 saturated carbocycles. The van der Waals surface area contributed by atoms with Crippen LogP contribution in [0.3, 0.4) is 0 Å². The Morgan fingerprint density at radius 1 is 0.905 bits per heavy atom. The Morgan fingerprint density at radius 2 is 1.81 bits per heavy atom. The predicted octanol–water partition coefficient (Wildman–Crippen LogP) is 2.80. The van der Waals surface area contributed by atoms with Crippen LogP contribution < -0.4 is 10.1 Å². The maximum Gasteiger partial charge on any atom is 0.145 e. The van der Waals surface area contributed by atoms with E-state index in [1.807, 2.05) is 48.5 Å². The summed E-state index contributed by atoms with van der Waals surface area (Å²) in [6, 6.07) is 15.9. The summed E-state index contributed by atoms with van der Waals surface area (Å²) in [6.45, 7) is 2.11. The molecule has 0 aliphatic carbocycles. The fourth-order valence-corrected chi connectivity index (χ4v) is 2.15. The quantitative estimate of drug-likeness (QED) is 0.705. The number of aromatic nitrogens is 2. The highest BCUT2D eigenvalue weighted by Gasteiger charge is 2.02. The third-order valence-electron chi connectivity index (χ3n) is 3.16. The lowest BCUT2D eigenvalue weighted by Crippen LogP contribution is -2.21. The van der Waals surface area contributed by atoms with Gasteiger partial charge in [0.05, 0.1) is 5.69 Å². The standard InChI is InChI=1S/C17H17N3O/c1-2-9-19-15(7-1)13-18-11-12-21-16-8-3-5-14-6-4-10-20-17(14)16/h1-10,18H,11-13H2. The molecule has 2 heterocycles. The third-order valence-corrected chi connectivity index (χ3v) is 3.16. The molecule has 106 valence electrons. The van der Waals surface area contributed by atoms with Gasteiger partial charge in [-0.1, -0.05) is 24.3 Å². The lowest BCUT2D eigenvalue weighted by molar-refractivity contribution is 0.316. The average molecular weight is 279 g/mol. The van der Waals surface area contributed by atoms with Gasteiger partial charge in [0.2, 0.25) is 0 Å². The number of rotatable bonds is 6. The molecule has 0 bridgehead atoms. The molecule has 4 heteroatoms. The van der Waals surface area contributed by atoms with Gasteiger partial charge in [0.15, 0.2) is 0 Å². The molecule has 21 heavy (non-hydrogen) atoms. The Morgan fingerprint density at radius 3 is 2.71 bits per heavy atom. The number of hydrogen-bond acceptors (Lipinski definition) is 4. The van der Waals surface area contributed by atoms with E-state index in [1.54, 1.807) is 12.4 Å². The first kappa shape index (κ1) is 13.5. The summed E-state index contributed by atoms with van der Waals surface area (Å²) in [5.74, 6) is 0.827. The average Bonchev–Trinajstić information content (AvgIpc) is 2.56. The van der Waals surface area contributed by atoms with Crippen molar-refractivity contribution in [3.63, 3.8) is 0 Å². The lowest BCUT2D eigenvalue weighted by Gasteiger charge is -2.09. The summed E-state index contributed by atoms with van der Waals surface area (Å²) in [4.78, 5) is 8.63. The van der Waals surface area contributed by atoms with Gasteiger partial charge >= 0.3 is 0 Å². The maximum atomic E-state index is 5.81. The zero-order valence-electron chi connectivity index (χ0n) is 11.7. The van der Waals surface area contributed by atoms with Crippen LogP contribution in [0.1, 0.15) is 5.69 Å². The van der Waals surface area contributed by atoms with Gasteiger partial charge in [0.1, 0.15) is 17.9 Å². The Labute approximate surface area is 123 Å². The van der Waals surface area contributed by atoms with E-state index in [2.05, 4.69) is 15.3 Å². The molecule has 0 saturated heterocycles. The Bertz CT molecular complexity index is 695. The fourth-order valence-electron chi connectivity index (χ4n) is 2.15. The van der Waals surface area contributed by atoms with E-state index in [1.165, 1.54) is 0 Å². The Balaban J connectivity index is 1.51. The SMILES string of the molecule is c1ccc(CNCCOc2cccc3cccnc23)nc1. The minimum atomic E-state index is 0.600. The molecule has 0 unspecified atom stereocenters. The van der Waals surface area contributed by atoms with E-state index in [4.69, 9.17) is 4.74 Å². The van der Waals surface area contributed by atoms with Crippen molar-refractivity contribution in [1.82, 2.24) is 15.3 Å². The van der Waals surface area contributed by atoms with Crippen LogP contribution in [0.2, 0.25) is 0 Å². The maximum absolute atomic E-state index is 5.81. The van der Waals surface area contributed by atoms with Crippen LogP contribution in [0.4, 0.5) is 0 Å². The molecular formula is C17H17N3O. The van der Waals surface area contributed by atoms with Gasteiger partial charge in [0, 0.05) is 30.9 Å². The molecule has 4 nitrogen and oxygen atoms in total. The molecule has 0 fully saturated rings. The van der Waals surface area contributed by atoms with E-state index in [9.17, 15) is 0 Å². The van der Waals surface area contributed by atoms with Gasteiger partial charge in [-0.2, -0.15) is 0 Å². The van der Waals surface area contributed by atoms with Gasteiger partial charge in [-0.25, -0.2) is 0 Å². The largest absolute Gasteiger partial charge is 0.490 e. The van der Waals surface area contributed by atoms with Crippen molar-refractivity contribution >= 4 is 10.9 Å². The molecular weight excluding hydrogens is 262 g/mol. The van der Waals surface area contributed by atoms with Gasteiger partial charge in [0.25, 0.3) is 0 Å². The third kappa shape index (κ3) is 3.55. The summed E-state index contributed by atoms with van der Waals surface area (Å²) in [5.41, 5.74) is 1.94. The highest BCUT2D eigenvalue weighted by molar-refractivity contribution is 5.84. The van der Waals surface area contributed by atoms with Crippen LogP contribution in [-0.2, 0) is 6.54 Å². The first-order valence-corrected chi connectivity index (χ1v) is 7.01. The van der Waals surface area contributed by atoms with Crippen molar-refractivity contribution in [2.75, 3.05) is 13.2 Å². The van der Waals surface area contributed by atoms with E-state index in [0.29, 0.717) is 6.61 Å². The van der Waals surface area contributed by atoms with E-state index >= 15 is 0 Å². The Hall–Kier alpha value is -2.46. The smallest absolute Gasteiger partial charge is 0.145 e. The number of nitrogens with one attached hydrogen (secondary N) is 1. The predicted molar refractivity (Wildman–Crippen MR) is 83.2 cm³/mol. The zero-order chi connectivity index (χ0) is 14.3. The fraction of sp³-hybridized carbons (Fsp3) is 0.176. The first-order valence-electron chi connectivity index (χ1n) is 7.01. The van der Waals surface area contributed by atoms with Crippen molar-refractivity contribution in [3.05, 3.63) is 66.6 Å². The summed E-state index contributed by atoms with van der Waals surface area (Å²) >= 11 is 0. The molecule has 0 amide bonds. The molecule has 1 N–H and O–H groups in total. The molecule has 1 aromatic carbocycles. The normalized spacial score (nSPS) is 10.7. The second-order valence-corrected chi connectivity index (χ2v) is 4.68. The molecule has 0 aliphatic rings. The topological polar surface area (TPSA) is 47.0 Å². The van der Waals surface area contributed by atoms with Crippen LogP contribution in [0, 0.1) is 0 Å². The highest BCUT2D eigenvalue weighted by Crippen LogP contribution is 2.22. The molecule has 0 atom stereocenters. The second kappa shape index (κ2) is 6.81. The first-order chi connectivity index (χ1) is 10.4. The molecule has 0 radical (unpaired) electrons. The van der Waals surface area contributed by atoms with Gasteiger partial charge in [-0.05, 0) is 24.3 Å². The minimum absolute atomic E-state index is 0.600. The van der Waals surface area contributed by atoms with Crippen molar-refractivity contribution < 1.29 is 4.74 Å². The van der Waals surface area contributed by atoms with Crippen LogP contribution in [0.25, 0.3) is 10.9 Å². The number of pyridine rings is 2. The number of ether oxygens (including phenoxy) is 1. The van der Waals surface area contributed by atoms with Crippen molar-refractivity contribution in [3.8, 4) is 5.75 Å². The van der Waals surface area contributed by atoms with Crippen molar-refractivity contribution in [2.24, 2.45) is 0 Å². The summed E-state index contributed by atoms with van der Waals surface area (Å²) in [7, 11) is 0. The number of benzene rings is 1. The Kier molecular flexibility index (Phi) is 4.39. The van der Waals surface area contributed by atoms with Gasteiger partial charge in [-0.15, -0.1) is 0 Å². The number of nitrogens with zero attached hydrogens (tertiary/aromatic N) is 2. The van der Waals surface area contributed by atoms with Crippen molar-refractivity contribution in [2.45, 2.75) is 6.54 Å². The van der Waals surface area contributed by atoms with Gasteiger partial charge in [-0.3, -0.25) is 9.97 Å². The molecule has 3 aromatic rings. The van der Waals surface area contributed by atoms with Crippen LogP contribution in [0.5, 0.6) is 5.75 Å². The number of para-hydroxylation sites is 1. The monoisotopic (exact) mass is 279 g/mol. The van der Waals surface area contributed by atoms with Gasteiger partial charge < -0.3 is 10.1 Å². The molecule has 0 spiro atoms. The lowest BCUT2D eigenvalue weighted by atomic mass is 10.2. The van der Waals surface area contributed by atoms with E-state index in [0.717, 1.165) is 35.4 Å². The summed E-state index contributed by atoms with van der Waals surface area (Å²) in [6.07, 6.45) is 3.59. The molecule has 0 aliphatic heterocycles. The minimum Gasteiger partial charge on any atom is -0.490 e. The number of fused-ring (bicyclic) bond motifs is 1. The molecule has 3 rings (SSSR count). The van der Waals surface area contributed by atoms with Crippen LogP contribution in [0.15, 0.2) is 60.9 Å². The highest BCUT2D eigenvalue weighted by atomic mass is 16.5. The molecule has 2 aromatic heterocycles. The van der Waals surface area contributed by atoms with Crippen LogP contribution in [-0.4, -0.2) is 23.1 Å². The zero-order valence-corrected chi connectivity index (χ0v) is 11.7. The van der Waals surface area contributed by atoms with E-state index in [-0.39, 0.29) is 0 Å².